The zero-order valence-electron chi connectivity index (χ0n) is 7.62. The van der Waals surface area contributed by atoms with Gasteiger partial charge in [0, 0.05) is 12.5 Å². The maximum absolute atomic E-state index is 10.8. The first-order chi connectivity index (χ1) is 5.70. The quantitative estimate of drug-likeness (QED) is 0.389. The SMILES string of the molecule is CCCC=CC(=O)OC(O)CC. The smallest absolute Gasteiger partial charge is 0.332 e. The first-order valence-corrected chi connectivity index (χ1v) is 4.25. The van der Waals surface area contributed by atoms with Gasteiger partial charge in [0.1, 0.15) is 0 Å². The summed E-state index contributed by atoms with van der Waals surface area (Å²) >= 11 is 0. The molecule has 0 aliphatic heterocycles. The van der Waals surface area contributed by atoms with Crippen LogP contribution in [0.15, 0.2) is 12.2 Å². The Bertz CT molecular complexity index is 152. The summed E-state index contributed by atoms with van der Waals surface area (Å²) in [5.74, 6) is -0.474. The van der Waals surface area contributed by atoms with E-state index in [0.717, 1.165) is 12.8 Å². The van der Waals surface area contributed by atoms with Crippen molar-refractivity contribution in [1.29, 1.82) is 0 Å². The Labute approximate surface area is 73.0 Å². The summed E-state index contributed by atoms with van der Waals surface area (Å²) in [6, 6.07) is 0. The van der Waals surface area contributed by atoms with Gasteiger partial charge in [-0.3, -0.25) is 0 Å². The Hall–Kier alpha value is -0.830. The second kappa shape index (κ2) is 6.85. The number of unbranched alkanes of at least 4 members (excludes halogenated alkanes) is 1. The highest BCUT2D eigenvalue weighted by atomic mass is 16.6. The van der Waals surface area contributed by atoms with E-state index in [9.17, 15) is 4.79 Å². The van der Waals surface area contributed by atoms with Crippen LogP contribution in [-0.2, 0) is 9.53 Å². The van der Waals surface area contributed by atoms with Gasteiger partial charge in [-0.15, -0.1) is 0 Å². The summed E-state index contributed by atoms with van der Waals surface area (Å²) in [5, 5.41) is 8.91. The van der Waals surface area contributed by atoms with Gasteiger partial charge in [-0.25, -0.2) is 4.79 Å². The molecule has 0 fully saturated rings. The molecule has 0 saturated heterocycles. The third-order valence-electron chi connectivity index (χ3n) is 1.31. The van der Waals surface area contributed by atoms with Crippen molar-refractivity contribution >= 4 is 5.97 Å². The summed E-state index contributed by atoms with van der Waals surface area (Å²) in [5.41, 5.74) is 0. The van der Waals surface area contributed by atoms with Crippen molar-refractivity contribution in [2.45, 2.75) is 39.4 Å². The monoisotopic (exact) mass is 172 g/mol. The first-order valence-electron chi connectivity index (χ1n) is 4.25. The molecule has 0 radical (unpaired) electrons. The lowest BCUT2D eigenvalue weighted by molar-refractivity contribution is -0.161. The number of hydrogen-bond donors (Lipinski definition) is 1. The van der Waals surface area contributed by atoms with E-state index < -0.39 is 12.3 Å². The molecule has 1 atom stereocenters. The van der Waals surface area contributed by atoms with E-state index in [0.29, 0.717) is 6.42 Å². The topological polar surface area (TPSA) is 46.5 Å². The summed E-state index contributed by atoms with van der Waals surface area (Å²) in [6.45, 7) is 3.77. The highest BCUT2D eigenvalue weighted by Gasteiger charge is 2.03. The molecule has 1 unspecified atom stereocenters. The van der Waals surface area contributed by atoms with Crippen molar-refractivity contribution < 1.29 is 14.6 Å². The van der Waals surface area contributed by atoms with Crippen LogP contribution in [0, 0.1) is 0 Å². The molecular formula is C9H16O3. The first kappa shape index (κ1) is 11.2. The molecule has 0 aliphatic rings. The highest BCUT2D eigenvalue weighted by molar-refractivity contribution is 5.81. The molecule has 0 aromatic rings. The predicted molar refractivity (Wildman–Crippen MR) is 46.4 cm³/mol. The standard InChI is InChI=1S/C9H16O3/c1-3-5-6-7-9(11)12-8(10)4-2/h6-8,10H,3-5H2,1-2H3. The maximum Gasteiger partial charge on any atom is 0.332 e. The second-order valence-corrected chi connectivity index (χ2v) is 2.49. The number of aliphatic hydroxyl groups is 1. The van der Waals surface area contributed by atoms with Gasteiger partial charge in [0.25, 0.3) is 0 Å². The molecule has 1 N–H and O–H groups in total. The minimum absolute atomic E-state index is 0.424. The van der Waals surface area contributed by atoms with Crippen molar-refractivity contribution in [1.82, 2.24) is 0 Å². The summed E-state index contributed by atoms with van der Waals surface area (Å²) in [7, 11) is 0. The summed E-state index contributed by atoms with van der Waals surface area (Å²) < 4.78 is 4.58. The van der Waals surface area contributed by atoms with Gasteiger partial charge < -0.3 is 9.84 Å². The van der Waals surface area contributed by atoms with E-state index in [4.69, 9.17) is 5.11 Å². The minimum atomic E-state index is -0.969. The van der Waals surface area contributed by atoms with E-state index in [1.165, 1.54) is 6.08 Å². The highest BCUT2D eigenvalue weighted by Crippen LogP contribution is 1.95. The van der Waals surface area contributed by atoms with Crippen LogP contribution in [0.25, 0.3) is 0 Å². The maximum atomic E-state index is 10.8. The molecule has 12 heavy (non-hydrogen) atoms. The van der Waals surface area contributed by atoms with E-state index in [2.05, 4.69) is 4.74 Å². The Balaban J connectivity index is 3.58. The van der Waals surface area contributed by atoms with Crippen LogP contribution in [0.2, 0.25) is 0 Å². The van der Waals surface area contributed by atoms with Gasteiger partial charge >= 0.3 is 5.97 Å². The molecule has 0 heterocycles. The largest absolute Gasteiger partial charge is 0.433 e. The van der Waals surface area contributed by atoms with Crippen molar-refractivity contribution in [3.63, 3.8) is 0 Å². The number of rotatable bonds is 5. The third kappa shape index (κ3) is 5.92. The van der Waals surface area contributed by atoms with E-state index >= 15 is 0 Å². The molecule has 0 bridgehead atoms. The fourth-order valence-corrected chi connectivity index (χ4v) is 0.603. The van der Waals surface area contributed by atoms with Gasteiger partial charge in [-0.05, 0) is 6.42 Å². The Kier molecular flexibility index (Phi) is 6.38. The number of aliphatic hydroxyl groups excluding tert-OH is 1. The van der Waals surface area contributed by atoms with Gasteiger partial charge in [-0.2, -0.15) is 0 Å². The molecule has 0 aromatic heterocycles. The van der Waals surface area contributed by atoms with Crippen LogP contribution in [0.3, 0.4) is 0 Å². The molecule has 0 saturated carbocycles. The van der Waals surface area contributed by atoms with E-state index in [-0.39, 0.29) is 0 Å². The lowest BCUT2D eigenvalue weighted by atomic mass is 10.3. The molecule has 0 spiro atoms. The van der Waals surface area contributed by atoms with Crippen LogP contribution in [0.1, 0.15) is 33.1 Å². The molecule has 0 aromatic carbocycles. The molecular weight excluding hydrogens is 156 g/mol. The van der Waals surface area contributed by atoms with Crippen LogP contribution >= 0.6 is 0 Å². The van der Waals surface area contributed by atoms with Crippen LogP contribution < -0.4 is 0 Å². The molecule has 0 aliphatic carbocycles. The molecule has 3 heteroatoms. The van der Waals surface area contributed by atoms with Crippen molar-refractivity contribution in [3.05, 3.63) is 12.2 Å². The second-order valence-electron chi connectivity index (χ2n) is 2.49. The van der Waals surface area contributed by atoms with Crippen molar-refractivity contribution in [2.24, 2.45) is 0 Å². The fourth-order valence-electron chi connectivity index (χ4n) is 0.603. The molecule has 3 nitrogen and oxygen atoms in total. The van der Waals surface area contributed by atoms with Gasteiger partial charge in [0.05, 0.1) is 0 Å². The zero-order valence-corrected chi connectivity index (χ0v) is 7.62. The number of allylic oxidation sites excluding steroid dienone is 1. The lowest BCUT2D eigenvalue weighted by Gasteiger charge is -2.06. The number of carbonyl (C=O) groups excluding carboxylic acids is 1. The van der Waals surface area contributed by atoms with Crippen LogP contribution in [0.4, 0.5) is 0 Å². The number of hydrogen-bond acceptors (Lipinski definition) is 3. The zero-order chi connectivity index (χ0) is 9.40. The van der Waals surface area contributed by atoms with Crippen LogP contribution in [0.5, 0.6) is 0 Å². The van der Waals surface area contributed by atoms with E-state index in [1.807, 2.05) is 6.92 Å². The Morgan fingerprint density at radius 1 is 1.58 bits per heavy atom. The average molecular weight is 172 g/mol. The fraction of sp³-hybridized carbons (Fsp3) is 0.667. The Morgan fingerprint density at radius 2 is 2.25 bits per heavy atom. The molecule has 70 valence electrons. The summed E-state index contributed by atoms with van der Waals surface area (Å²) in [4.78, 5) is 10.8. The minimum Gasteiger partial charge on any atom is -0.433 e. The number of esters is 1. The number of carbonyl (C=O) groups is 1. The lowest BCUT2D eigenvalue weighted by Crippen LogP contribution is -2.14. The summed E-state index contributed by atoms with van der Waals surface area (Å²) in [6.07, 6.45) is 4.40. The van der Waals surface area contributed by atoms with E-state index in [1.54, 1.807) is 13.0 Å². The normalized spacial score (nSPS) is 13.2. The van der Waals surface area contributed by atoms with Gasteiger partial charge in [0.2, 0.25) is 6.29 Å². The number of ether oxygens (including phenoxy) is 1. The van der Waals surface area contributed by atoms with Crippen molar-refractivity contribution in [2.75, 3.05) is 0 Å². The van der Waals surface area contributed by atoms with Gasteiger partial charge in [-0.1, -0.05) is 26.3 Å². The Morgan fingerprint density at radius 3 is 2.75 bits per heavy atom. The predicted octanol–water partition coefficient (Wildman–Crippen LogP) is 1.61. The molecule has 0 amide bonds. The van der Waals surface area contributed by atoms with Crippen LogP contribution in [-0.4, -0.2) is 17.4 Å². The molecule has 0 rings (SSSR count). The average Bonchev–Trinajstić information content (AvgIpc) is 2.05. The third-order valence-corrected chi connectivity index (χ3v) is 1.31. The van der Waals surface area contributed by atoms with Gasteiger partial charge in [0.15, 0.2) is 0 Å². The van der Waals surface area contributed by atoms with Crippen molar-refractivity contribution in [3.8, 4) is 0 Å².